The van der Waals surface area contributed by atoms with Crippen molar-refractivity contribution in [3.05, 3.63) is 0 Å². The lowest BCUT2D eigenvalue weighted by molar-refractivity contribution is 0.147. The summed E-state index contributed by atoms with van der Waals surface area (Å²) in [6.07, 6.45) is 18.2. The molecule has 2 N–H and O–H groups in total. The minimum atomic E-state index is -3.98. The zero-order valence-electron chi connectivity index (χ0n) is 18.0. The summed E-state index contributed by atoms with van der Waals surface area (Å²) in [6.45, 7) is 4.37. The normalized spacial score (nSPS) is 14.4. The fourth-order valence-electron chi connectivity index (χ4n) is 3.66. The minimum Gasteiger partial charge on any atom is -0.393 e. The van der Waals surface area contributed by atoms with E-state index < -0.39 is 15.4 Å². The third-order valence-electron chi connectivity index (χ3n) is 5.51. The molecule has 2 unspecified atom stereocenters. The number of rotatable bonds is 20. The van der Waals surface area contributed by atoms with Gasteiger partial charge in [0.1, 0.15) is 0 Å². The van der Waals surface area contributed by atoms with Crippen LogP contribution in [0, 0.1) is 0 Å². The van der Waals surface area contributed by atoms with Crippen molar-refractivity contribution in [2.24, 2.45) is 0 Å². The summed E-state index contributed by atoms with van der Waals surface area (Å²) in [7, 11) is -3.98. The van der Waals surface area contributed by atoms with Crippen molar-refractivity contribution in [3.8, 4) is 0 Å². The highest BCUT2D eigenvalue weighted by atomic mass is 32.2. The van der Waals surface area contributed by atoms with E-state index in [1.54, 1.807) is 0 Å². The van der Waals surface area contributed by atoms with Gasteiger partial charge in [-0.1, -0.05) is 97.3 Å². The minimum absolute atomic E-state index is 0.337. The fourth-order valence-corrected chi connectivity index (χ4v) is 4.59. The molecule has 0 aliphatic carbocycles. The molecule has 0 heterocycles. The molecule has 0 aromatic carbocycles. The van der Waals surface area contributed by atoms with Crippen molar-refractivity contribution in [3.63, 3.8) is 0 Å². The monoisotopic (exact) mass is 406 g/mol. The van der Waals surface area contributed by atoms with Crippen LogP contribution in [0.2, 0.25) is 0 Å². The van der Waals surface area contributed by atoms with Crippen molar-refractivity contribution >= 4 is 10.1 Å². The second kappa shape index (κ2) is 17.9. The second-order valence-electron chi connectivity index (χ2n) is 8.19. The molecule has 0 saturated carbocycles. The summed E-state index contributed by atoms with van der Waals surface area (Å²) in [4.78, 5) is 0. The van der Waals surface area contributed by atoms with Gasteiger partial charge in [-0.2, -0.15) is 8.42 Å². The third kappa shape index (κ3) is 17.7. The lowest BCUT2D eigenvalue weighted by atomic mass is 10.0. The Labute approximate surface area is 169 Å². The highest BCUT2D eigenvalue weighted by Crippen LogP contribution is 2.19. The summed E-state index contributed by atoms with van der Waals surface area (Å²) < 4.78 is 32.7. The summed E-state index contributed by atoms with van der Waals surface area (Å²) in [5, 5.41) is 9.29. The Morgan fingerprint density at radius 3 is 1.48 bits per heavy atom. The predicted octanol–water partition coefficient (Wildman–Crippen LogP) is 6.67. The van der Waals surface area contributed by atoms with Gasteiger partial charge < -0.3 is 5.11 Å². The van der Waals surface area contributed by atoms with E-state index in [0.29, 0.717) is 25.7 Å². The first-order chi connectivity index (χ1) is 12.9. The molecule has 0 saturated heterocycles. The molecule has 164 valence electrons. The van der Waals surface area contributed by atoms with Gasteiger partial charge in [0.15, 0.2) is 0 Å². The number of aliphatic hydroxyl groups excluding tert-OH is 1. The number of hydrogen-bond acceptors (Lipinski definition) is 3. The van der Waals surface area contributed by atoms with Gasteiger partial charge in [-0.05, 0) is 32.1 Å². The average molecular weight is 407 g/mol. The van der Waals surface area contributed by atoms with Crippen LogP contribution in [0.5, 0.6) is 0 Å². The molecule has 4 nitrogen and oxygen atoms in total. The molecule has 0 fully saturated rings. The van der Waals surface area contributed by atoms with Crippen LogP contribution in [0.3, 0.4) is 0 Å². The van der Waals surface area contributed by atoms with Crippen LogP contribution < -0.4 is 0 Å². The quantitative estimate of drug-likeness (QED) is 0.175. The molecule has 0 aromatic rings. The maximum Gasteiger partial charge on any atom is 0.267 e. The van der Waals surface area contributed by atoms with Crippen LogP contribution in [0.15, 0.2) is 0 Å². The van der Waals surface area contributed by atoms with Crippen LogP contribution in [-0.4, -0.2) is 29.4 Å². The highest BCUT2D eigenvalue weighted by Gasteiger charge is 2.22. The zero-order chi connectivity index (χ0) is 20.4. The second-order valence-corrected chi connectivity index (χ2v) is 9.88. The Bertz CT molecular complexity index is 409. The molecule has 0 aliphatic rings. The van der Waals surface area contributed by atoms with Crippen molar-refractivity contribution in [1.29, 1.82) is 0 Å². The molecular formula is C22H46O4S. The summed E-state index contributed by atoms with van der Waals surface area (Å²) in [5.74, 6) is 0. The van der Waals surface area contributed by atoms with Gasteiger partial charge in [0, 0.05) is 0 Å². The lowest BCUT2D eigenvalue weighted by Crippen LogP contribution is -2.21. The number of aliphatic hydroxyl groups is 1. The third-order valence-corrected chi connectivity index (χ3v) is 6.82. The van der Waals surface area contributed by atoms with E-state index >= 15 is 0 Å². The Kier molecular flexibility index (Phi) is 17.8. The van der Waals surface area contributed by atoms with E-state index in [2.05, 4.69) is 13.8 Å². The molecular weight excluding hydrogens is 360 g/mol. The van der Waals surface area contributed by atoms with Crippen molar-refractivity contribution in [2.45, 2.75) is 141 Å². The smallest absolute Gasteiger partial charge is 0.267 e. The molecule has 0 spiro atoms. The van der Waals surface area contributed by atoms with Gasteiger partial charge >= 0.3 is 0 Å². The van der Waals surface area contributed by atoms with E-state index in [9.17, 15) is 18.1 Å². The van der Waals surface area contributed by atoms with Crippen molar-refractivity contribution in [2.75, 3.05) is 0 Å². The fraction of sp³-hybridized carbons (Fsp3) is 1.00. The van der Waals surface area contributed by atoms with Gasteiger partial charge in [-0.3, -0.25) is 4.55 Å². The molecule has 0 rings (SSSR count). The highest BCUT2D eigenvalue weighted by molar-refractivity contribution is 7.86. The van der Waals surface area contributed by atoms with Crippen LogP contribution in [0.4, 0.5) is 0 Å². The SMILES string of the molecule is CCCCCCCCCCCCC(CCCC(O)CCCCC)S(=O)(=O)O. The average Bonchev–Trinajstić information content (AvgIpc) is 2.61. The molecule has 0 bridgehead atoms. The van der Waals surface area contributed by atoms with Crippen LogP contribution in [-0.2, 0) is 10.1 Å². The van der Waals surface area contributed by atoms with E-state index in [-0.39, 0.29) is 6.10 Å². The van der Waals surface area contributed by atoms with Crippen molar-refractivity contribution < 1.29 is 18.1 Å². The standard InChI is InChI=1S/C22H46O4S/c1-3-5-7-8-9-10-11-12-13-15-19-22(27(24,25)26)20-16-18-21(23)17-14-6-4-2/h21-23H,3-20H2,1-2H3,(H,24,25,26). The maximum atomic E-state index is 11.6. The van der Waals surface area contributed by atoms with Crippen LogP contribution >= 0.6 is 0 Å². The Morgan fingerprint density at radius 1 is 0.593 bits per heavy atom. The molecule has 0 amide bonds. The molecule has 27 heavy (non-hydrogen) atoms. The van der Waals surface area contributed by atoms with E-state index in [0.717, 1.165) is 44.9 Å². The van der Waals surface area contributed by atoms with E-state index in [1.165, 1.54) is 44.9 Å². The number of hydrogen-bond donors (Lipinski definition) is 2. The van der Waals surface area contributed by atoms with Crippen LogP contribution in [0.1, 0.15) is 129 Å². The van der Waals surface area contributed by atoms with E-state index in [1.807, 2.05) is 0 Å². The zero-order valence-corrected chi connectivity index (χ0v) is 18.8. The van der Waals surface area contributed by atoms with Gasteiger partial charge in [-0.15, -0.1) is 0 Å². The molecule has 5 heteroatoms. The Balaban J connectivity index is 3.80. The molecule has 0 aromatic heterocycles. The number of unbranched alkanes of at least 4 members (excludes halogenated alkanes) is 11. The summed E-state index contributed by atoms with van der Waals surface area (Å²) in [6, 6.07) is 0. The largest absolute Gasteiger partial charge is 0.393 e. The predicted molar refractivity (Wildman–Crippen MR) is 116 cm³/mol. The molecule has 0 radical (unpaired) electrons. The van der Waals surface area contributed by atoms with Crippen molar-refractivity contribution in [1.82, 2.24) is 0 Å². The van der Waals surface area contributed by atoms with Gasteiger partial charge in [-0.25, -0.2) is 0 Å². The van der Waals surface area contributed by atoms with Gasteiger partial charge in [0.2, 0.25) is 0 Å². The Morgan fingerprint density at radius 2 is 0.963 bits per heavy atom. The first-order valence-electron chi connectivity index (χ1n) is 11.6. The molecule has 0 aliphatic heterocycles. The summed E-state index contributed by atoms with van der Waals surface area (Å²) >= 11 is 0. The lowest BCUT2D eigenvalue weighted by Gasteiger charge is -2.15. The first kappa shape index (κ1) is 26.9. The Hall–Kier alpha value is -0.130. The van der Waals surface area contributed by atoms with Gasteiger partial charge in [0.05, 0.1) is 11.4 Å². The summed E-state index contributed by atoms with van der Waals surface area (Å²) in [5.41, 5.74) is 0. The van der Waals surface area contributed by atoms with Crippen LogP contribution in [0.25, 0.3) is 0 Å². The van der Waals surface area contributed by atoms with E-state index in [4.69, 9.17) is 0 Å². The first-order valence-corrected chi connectivity index (χ1v) is 13.1. The molecule has 2 atom stereocenters. The topological polar surface area (TPSA) is 74.6 Å². The van der Waals surface area contributed by atoms with Gasteiger partial charge in [0.25, 0.3) is 10.1 Å². The maximum absolute atomic E-state index is 11.6.